The van der Waals surface area contributed by atoms with Crippen molar-refractivity contribution in [1.29, 1.82) is 0 Å². The molecule has 1 saturated heterocycles. The Morgan fingerprint density at radius 1 is 1.69 bits per heavy atom. The molecule has 0 aromatic carbocycles. The van der Waals surface area contributed by atoms with Crippen molar-refractivity contribution in [1.82, 2.24) is 5.32 Å². The van der Waals surface area contributed by atoms with Gasteiger partial charge in [0.1, 0.15) is 6.17 Å². The second-order valence-corrected chi connectivity index (χ2v) is 3.38. The number of alkyl halides is 1. The van der Waals surface area contributed by atoms with Crippen LogP contribution in [-0.4, -0.2) is 32.3 Å². The van der Waals surface area contributed by atoms with Crippen LogP contribution in [0.2, 0.25) is 0 Å². The third kappa shape index (κ3) is 3.30. The van der Waals surface area contributed by atoms with Gasteiger partial charge < -0.3 is 10.1 Å². The Bertz CT molecular complexity index is 175. The average Bonchev–Trinajstić information content (AvgIpc) is 2.16. The van der Waals surface area contributed by atoms with E-state index in [1.165, 1.54) is 7.11 Å². The summed E-state index contributed by atoms with van der Waals surface area (Å²) in [6.45, 7) is 1.42. The molecular formula is C9H16FNO2. The summed E-state index contributed by atoms with van der Waals surface area (Å²) in [6.07, 6.45) is 0.710. The Hall–Kier alpha value is -0.640. The first-order valence-corrected chi connectivity index (χ1v) is 4.65. The maximum atomic E-state index is 13.2. The molecule has 2 atom stereocenters. The molecule has 1 rings (SSSR count). The van der Waals surface area contributed by atoms with Crippen LogP contribution in [0, 0.1) is 5.92 Å². The van der Waals surface area contributed by atoms with Crippen molar-refractivity contribution in [3.8, 4) is 0 Å². The Kier molecular flexibility index (Phi) is 4.15. The fourth-order valence-electron chi connectivity index (χ4n) is 1.58. The lowest BCUT2D eigenvalue weighted by Crippen LogP contribution is -2.38. The highest BCUT2D eigenvalue weighted by Crippen LogP contribution is 2.19. The number of nitrogens with one attached hydrogen (secondary N) is 1. The molecule has 0 saturated carbocycles. The molecule has 0 amide bonds. The van der Waals surface area contributed by atoms with Gasteiger partial charge in [-0.2, -0.15) is 0 Å². The van der Waals surface area contributed by atoms with Crippen molar-refractivity contribution in [2.24, 2.45) is 5.92 Å². The lowest BCUT2D eigenvalue weighted by atomic mass is 9.93. The monoisotopic (exact) mass is 189 g/mol. The van der Waals surface area contributed by atoms with Crippen LogP contribution < -0.4 is 5.32 Å². The van der Waals surface area contributed by atoms with Crippen LogP contribution >= 0.6 is 0 Å². The van der Waals surface area contributed by atoms with Crippen LogP contribution in [0.1, 0.15) is 19.3 Å². The van der Waals surface area contributed by atoms with Gasteiger partial charge in [-0.15, -0.1) is 0 Å². The predicted molar refractivity (Wildman–Crippen MR) is 47.1 cm³/mol. The number of hydrogen-bond donors (Lipinski definition) is 1. The minimum Gasteiger partial charge on any atom is -0.469 e. The first-order chi connectivity index (χ1) is 6.24. The van der Waals surface area contributed by atoms with Gasteiger partial charge in [-0.3, -0.25) is 4.79 Å². The maximum absolute atomic E-state index is 13.2. The van der Waals surface area contributed by atoms with E-state index in [1.54, 1.807) is 0 Å². The minimum absolute atomic E-state index is 0.0205. The van der Waals surface area contributed by atoms with Gasteiger partial charge in [-0.1, -0.05) is 0 Å². The Labute approximate surface area is 77.6 Å². The van der Waals surface area contributed by atoms with Crippen molar-refractivity contribution >= 4 is 5.97 Å². The number of piperidine rings is 1. The van der Waals surface area contributed by atoms with Crippen molar-refractivity contribution in [3.05, 3.63) is 0 Å². The summed E-state index contributed by atoms with van der Waals surface area (Å²) in [4.78, 5) is 10.8. The Balaban J connectivity index is 2.22. The van der Waals surface area contributed by atoms with E-state index in [4.69, 9.17) is 0 Å². The number of carbonyl (C=O) groups is 1. The molecule has 1 heterocycles. The number of carbonyl (C=O) groups excluding carboxylic acids is 1. The molecule has 0 radical (unpaired) electrons. The number of hydrogen-bond acceptors (Lipinski definition) is 3. The molecule has 0 unspecified atom stereocenters. The summed E-state index contributed by atoms with van der Waals surface area (Å²) in [5.74, 6) is -0.273. The molecule has 4 heteroatoms. The van der Waals surface area contributed by atoms with Gasteiger partial charge in [0.25, 0.3) is 0 Å². The topological polar surface area (TPSA) is 38.3 Å². The van der Waals surface area contributed by atoms with E-state index in [0.29, 0.717) is 25.8 Å². The zero-order valence-electron chi connectivity index (χ0n) is 7.88. The number of ether oxygens (including phenoxy) is 1. The van der Waals surface area contributed by atoms with Crippen LogP contribution in [0.4, 0.5) is 4.39 Å². The lowest BCUT2D eigenvalue weighted by molar-refractivity contribution is -0.141. The highest BCUT2D eigenvalue weighted by molar-refractivity contribution is 5.69. The highest BCUT2D eigenvalue weighted by atomic mass is 19.1. The van der Waals surface area contributed by atoms with Crippen molar-refractivity contribution in [2.75, 3.05) is 20.2 Å². The highest BCUT2D eigenvalue weighted by Gasteiger charge is 2.24. The van der Waals surface area contributed by atoms with Crippen LogP contribution in [0.15, 0.2) is 0 Å². The van der Waals surface area contributed by atoms with Gasteiger partial charge in [-0.25, -0.2) is 4.39 Å². The second-order valence-electron chi connectivity index (χ2n) is 3.38. The van der Waals surface area contributed by atoms with Crippen LogP contribution in [0.3, 0.4) is 0 Å². The van der Waals surface area contributed by atoms with Gasteiger partial charge in [0.15, 0.2) is 0 Å². The first-order valence-electron chi connectivity index (χ1n) is 4.65. The minimum atomic E-state index is -0.758. The van der Waals surface area contributed by atoms with Gasteiger partial charge in [-0.05, 0) is 19.4 Å². The fraction of sp³-hybridized carbons (Fsp3) is 0.889. The summed E-state index contributed by atoms with van der Waals surface area (Å²) in [7, 11) is 1.36. The largest absolute Gasteiger partial charge is 0.469 e. The fourth-order valence-corrected chi connectivity index (χ4v) is 1.58. The average molecular weight is 189 g/mol. The van der Waals surface area contributed by atoms with Gasteiger partial charge in [0, 0.05) is 18.9 Å². The van der Waals surface area contributed by atoms with Crippen LogP contribution in [0.25, 0.3) is 0 Å². The zero-order chi connectivity index (χ0) is 9.68. The Morgan fingerprint density at radius 2 is 2.46 bits per heavy atom. The molecule has 0 aromatic rings. The third-order valence-corrected chi connectivity index (χ3v) is 2.46. The molecule has 0 aliphatic carbocycles. The smallest absolute Gasteiger partial charge is 0.305 e. The molecule has 1 aliphatic rings. The van der Waals surface area contributed by atoms with E-state index in [1.807, 2.05) is 0 Å². The number of halogens is 1. The van der Waals surface area contributed by atoms with E-state index >= 15 is 0 Å². The summed E-state index contributed by atoms with van der Waals surface area (Å²) in [5.41, 5.74) is 0. The van der Waals surface area contributed by atoms with E-state index in [-0.39, 0.29) is 11.9 Å². The summed E-state index contributed by atoms with van der Waals surface area (Å²) < 4.78 is 17.7. The van der Waals surface area contributed by atoms with E-state index in [0.717, 1.165) is 6.54 Å². The molecule has 3 nitrogen and oxygen atoms in total. The van der Waals surface area contributed by atoms with Crippen LogP contribution in [0.5, 0.6) is 0 Å². The maximum Gasteiger partial charge on any atom is 0.305 e. The second kappa shape index (κ2) is 5.17. The molecule has 1 fully saturated rings. The standard InChI is InChI=1S/C9H16FNO2/c1-13-9(12)3-2-7-6-11-5-4-8(7)10/h7-8,11H,2-6H2,1H3/t7-,8+/m0/s1. The molecule has 76 valence electrons. The molecule has 13 heavy (non-hydrogen) atoms. The SMILES string of the molecule is COC(=O)CC[C@H]1CNCC[C@H]1F. The molecule has 1 N–H and O–H groups in total. The molecule has 0 bridgehead atoms. The number of esters is 1. The summed E-state index contributed by atoms with van der Waals surface area (Å²) in [5, 5.41) is 3.11. The summed E-state index contributed by atoms with van der Waals surface area (Å²) >= 11 is 0. The lowest BCUT2D eigenvalue weighted by Gasteiger charge is -2.26. The number of rotatable bonds is 3. The molecule has 1 aliphatic heterocycles. The van der Waals surface area contributed by atoms with Gasteiger partial charge in [0.2, 0.25) is 0 Å². The first kappa shape index (κ1) is 10.4. The predicted octanol–water partition coefficient (Wildman–Crippen LogP) is 0.887. The van der Waals surface area contributed by atoms with E-state index in [2.05, 4.69) is 10.1 Å². The van der Waals surface area contributed by atoms with Gasteiger partial charge in [0.05, 0.1) is 7.11 Å². The van der Waals surface area contributed by atoms with Crippen LogP contribution in [-0.2, 0) is 9.53 Å². The van der Waals surface area contributed by atoms with Crippen molar-refractivity contribution in [2.45, 2.75) is 25.4 Å². The van der Waals surface area contributed by atoms with Crippen molar-refractivity contribution in [3.63, 3.8) is 0 Å². The van der Waals surface area contributed by atoms with E-state index in [9.17, 15) is 9.18 Å². The molecule has 0 aromatic heterocycles. The number of methoxy groups -OCH3 is 1. The van der Waals surface area contributed by atoms with Gasteiger partial charge >= 0.3 is 5.97 Å². The Morgan fingerprint density at radius 3 is 3.08 bits per heavy atom. The quantitative estimate of drug-likeness (QED) is 0.670. The summed E-state index contributed by atoms with van der Waals surface area (Å²) in [6, 6.07) is 0. The third-order valence-electron chi connectivity index (χ3n) is 2.46. The normalized spacial score (nSPS) is 28.5. The van der Waals surface area contributed by atoms with Crippen molar-refractivity contribution < 1.29 is 13.9 Å². The zero-order valence-corrected chi connectivity index (χ0v) is 7.88. The molecule has 0 spiro atoms. The molecular weight excluding hydrogens is 173 g/mol. The van der Waals surface area contributed by atoms with E-state index < -0.39 is 6.17 Å².